The molecule has 0 aromatic rings. The lowest BCUT2D eigenvalue weighted by Crippen LogP contribution is -2.43. The maximum atomic E-state index is 9.76. The third-order valence-electron chi connectivity index (χ3n) is 6.20. The summed E-state index contributed by atoms with van der Waals surface area (Å²) in [6.45, 7) is 7.44. The summed E-state index contributed by atoms with van der Waals surface area (Å²) < 4.78 is 11.2. The van der Waals surface area contributed by atoms with Crippen LogP contribution in [0.25, 0.3) is 0 Å². The van der Waals surface area contributed by atoms with Crippen molar-refractivity contribution in [3.63, 3.8) is 0 Å². The van der Waals surface area contributed by atoms with Gasteiger partial charge >= 0.3 is 0 Å². The van der Waals surface area contributed by atoms with E-state index in [4.69, 9.17) is 9.47 Å². The Bertz CT molecular complexity index is 463. The molecule has 0 saturated heterocycles. The van der Waals surface area contributed by atoms with Gasteiger partial charge in [0.1, 0.15) is 0 Å². The molecule has 0 fully saturated rings. The molecule has 192 valence electrons. The lowest BCUT2D eigenvalue weighted by Gasteiger charge is -2.32. The van der Waals surface area contributed by atoms with E-state index >= 15 is 0 Å². The molecule has 7 heteroatoms. The molecule has 32 heavy (non-hydrogen) atoms. The van der Waals surface area contributed by atoms with E-state index in [1.807, 2.05) is 6.08 Å². The van der Waals surface area contributed by atoms with Crippen LogP contribution < -0.4 is 0 Å². The number of aliphatic hydroxyl groups is 5. The van der Waals surface area contributed by atoms with Gasteiger partial charge in [-0.05, 0) is 31.6 Å². The van der Waals surface area contributed by atoms with Gasteiger partial charge < -0.3 is 35.0 Å². The molecule has 0 aromatic heterocycles. The Hall–Kier alpha value is -0.540. The van der Waals surface area contributed by atoms with Crippen molar-refractivity contribution in [3.05, 3.63) is 11.6 Å². The van der Waals surface area contributed by atoms with Gasteiger partial charge in [-0.3, -0.25) is 0 Å². The number of ether oxygens (including phenoxy) is 2. The minimum absolute atomic E-state index is 0.0147. The molecule has 0 heterocycles. The molecule has 1 unspecified atom stereocenters. The van der Waals surface area contributed by atoms with Crippen molar-refractivity contribution in [1.82, 2.24) is 0 Å². The molecule has 0 spiro atoms. The smallest absolute Gasteiger partial charge is 0.0650 e. The molecule has 0 rings (SSSR count). The highest BCUT2D eigenvalue weighted by molar-refractivity contribution is 4.98. The summed E-state index contributed by atoms with van der Waals surface area (Å²) in [5.74, 6) is 1.54. The van der Waals surface area contributed by atoms with Crippen LogP contribution in [0, 0.1) is 22.7 Å². The van der Waals surface area contributed by atoms with Crippen LogP contribution in [0.4, 0.5) is 0 Å². The summed E-state index contributed by atoms with van der Waals surface area (Å²) in [7, 11) is 0. The summed E-state index contributed by atoms with van der Waals surface area (Å²) in [5.41, 5.74) is -0.865. The maximum absolute atomic E-state index is 9.76. The zero-order valence-corrected chi connectivity index (χ0v) is 20.9. The highest BCUT2D eigenvalue weighted by Gasteiger charge is 2.33. The lowest BCUT2D eigenvalue weighted by molar-refractivity contribution is -0.109. The average Bonchev–Trinajstić information content (AvgIpc) is 2.78. The van der Waals surface area contributed by atoms with Crippen LogP contribution in [-0.4, -0.2) is 85.0 Å². The van der Waals surface area contributed by atoms with Gasteiger partial charge in [0.2, 0.25) is 0 Å². The van der Waals surface area contributed by atoms with Crippen LogP contribution >= 0.6 is 0 Å². The molecule has 1 atom stereocenters. The summed E-state index contributed by atoms with van der Waals surface area (Å²) in [5, 5.41) is 47.6. The van der Waals surface area contributed by atoms with E-state index in [2.05, 4.69) is 27.7 Å². The molecule has 0 radical (unpaired) electrons. The van der Waals surface area contributed by atoms with Gasteiger partial charge in [-0.25, -0.2) is 0 Å². The Morgan fingerprint density at radius 1 is 0.719 bits per heavy atom. The summed E-state index contributed by atoms with van der Waals surface area (Å²) in [6.07, 6.45) is 9.39. The Kier molecular flexibility index (Phi) is 17.6. The third-order valence-corrected chi connectivity index (χ3v) is 6.20. The SMILES string of the molecule is C/C(=C\COCC(CO)(CO)COCC(CO)(CO)CO)CCCC(C)CCCC(C)C. The molecule has 0 aliphatic rings. The molecule has 0 aromatic carbocycles. The highest BCUT2D eigenvalue weighted by Crippen LogP contribution is 2.22. The van der Waals surface area contributed by atoms with Crippen molar-refractivity contribution in [2.45, 2.75) is 66.2 Å². The second-order valence-corrected chi connectivity index (χ2v) is 10.2. The van der Waals surface area contributed by atoms with Crippen LogP contribution in [0.1, 0.15) is 66.2 Å². The van der Waals surface area contributed by atoms with E-state index in [9.17, 15) is 25.5 Å². The van der Waals surface area contributed by atoms with Crippen molar-refractivity contribution in [2.24, 2.45) is 22.7 Å². The number of aliphatic hydroxyl groups excluding tert-OH is 5. The van der Waals surface area contributed by atoms with Crippen LogP contribution in [0.3, 0.4) is 0 Å². The first-order valence-corrected chi connectivity index (χ1v) is 12.1. The molecule has 0 bridgehead atoms. The van der Waals surface area contributed by atoms with E-state index in [-0.39, 0.29) is 33.0 Å². The largest absolute Gasteiger partial charge is 0.396 e. The van der Waals surface area contributed by atoms with Crippen molar-refractivity contribution >= 4 is 0 Å². The number of hydrogen-bond acceptors (Lipinski definition) is 7. The van der Waals surface area contributed by atoms with Gasteiger partial charge in [0, 0.05) is 0 Å². The Morgan fingerprint density at radius 2 is 1.22 bits per heavy atom. The summed E-state index contributed by atoms with van der Waals surface area (Å²) in [6, 6.07) is 0. The second kappa shape index (κ2) is 17.9. The second-order valence-electron chi connectivity index (χ2n) is 10.2. The van der Waals surface area contributed by atoms with Crippen LogP contribution in [0.2, 0.25) is 0 Å². The molecule has 0 aliphatic carbocycles. The highest BCUT2D eigenvalue weighted by atomic mass is 16.5. The molecular formula is C25H50O7. The molecular weight excluding hydrogens is 412 g/mol. The van der Waals surface area contributed by atoms with Crippen LogP contribution in [-0.2, 0) is 9.47 Å². The Balaban J connectivity index is 4.29. The normalized spacial score (nSPS) is 14.4. The summed E-state index contributed by atoms with van der Waals surface area (Å²) in [4.78, 5) is 0. The number of allylic oxidation sites excluding steroid dienone is 1. The predicted octanol–water partition coefficient (Wildman–Crippen LogP) is 2.53. The van der Waals surface area contributed by atoms with Gasteiger partial charge in [-0.15, -0.1) is 0 Å². The summed E-state index contributed by atoms with van der Waals surface area (Å²) >= 11 is 0. The van der Waals surface area contributed by atoms with E-state index in [1.165, 1.54) is 37.7 Å². The van der Waals surface area contributed by atoms with E-state index in [1.54, 1.807) is 0 Å². The quantitative estimate of drug-likeness (QED) is 0.131. The predicted molar refractivity (Wildman–Crippen MR) is 127 cm³/mol. The van der Waals surface area contributed by atoms with Gasteiger partial charge in [0.15, 0.2) is 0 Å². The first kappa shape index (κ1) is 31.5. The maximum Gasteiger partial charge on any atom is 0.0650 e. The first-order valence-electron chi connectivity index (χ1n) is 12.1. The average molecular weight is 463 g/mol. The van der Waals surface area contributed by atoms with E-state index in [0.717, 1.165) is 18.3 Å². The molecule has 7 nitrogen and oxygen atoms in total. The molecule has 0 aliphatic heterocycles. The molecule has 0 saturated carbocycles. The van der Waals surface area contributed by atoms with Gasteiger partial charge in [-0.1, -0.05) is 58.1 Å². The standard InChI is InChI=1S/C25H50O7/c1-21(2)7-5-8-22(3)9-6-10-23(4)11-12-31-19-25(16-29,17-30)20-32-18-24(13-26,14-27)15-28/h11,21-22,26-30H,5-10,12-20H2,1-4H3/b23-11+. The fourth-order valence-electron chi connectivity index (χ4n) is 3.37. The Morgan fingerprint density at radius 3 is 1.75 bits per heavy atom. The zero-order valence-electron chi connectivity index (χ0n) is 20.9. The minimum atomic E-state index is -1.15. The Labute approximate surface area is 195 Å². The van der Waals surface area contributed by atoms with Crippen molar-refractivity contribution in [1.29, 1.82) is 0 Å². The lowest BCUT2D eigenvalue weighted by atomic mass is 9.90. The molecule has 0 amide bonds. The minimum Gasteiger partial charge on any atom is -0.396 e. The molecule has 5 N–H and O–H groups in total. The van der Waals surface area contributed by atoms with Crippen molar-refractivity contribution < 1.29 is 35.0 Å². The van der Waals surface area contributed by atoms with E-state index < -0.39 is 30.7 Å². The monoisotopic (exact) mass is 462 g/mol. The van der Waals surface area contributed by atoms with Gasteiger partial charge in [0.05, 0.1) is 70.3 Å². The fourth-order valence-corrected chi connectivity index (χ4v) is 3.37. The van der Waals surface area contributed by atoms with Gasteiger partial charge in [-0.2, -0.15) is 0 Å². The number of rotatable bonds is 21. The third kappa shape index (κ3) is 13.2. The van der Waals surface area contributed by atoms with Crippen LogP contribution in [0.5, 0.6) is 0 Å². The number of hydrogen-bond donors (Lipinski definition) is 5. The zero-order chi connectivity index (χ0) is 24.5. The topological polar surface area (TPSA) is 120 Å². The van der Waals surface area contributed by atoms with E-state index in [0.29, 0.717) is 6.61 Å². The van der Waals surface area contributed by atoms with Gasteiger partial charge in [0.25, 0.3) is 0 Å². The van der Waals surface area contributed by atoms with Crippen LogP contribution in [0.15, 0.2) is 11.6 Å². The fraction of sp³-hybridized carbons (Fsp3) is 0.920. The van der Waals surface area contributed by atoms with Crippen molar-refractivity contribution in [3.8, 4) is 0 Å². The van der Waals surface area contributed by atoms with Crippen molar-refractivity contribution in [2.75, 3.05) is 59.5 Å². The first-order chi connectivity index (χ1) is 15.2.